The summed E-state index contributed by atoms with van der Waals surface area (Å²) in [6.07, 6.45) is -0.356. The number of morpholine rings is 1. The molecule has 41 heavy (non-hydrogen) atoms. The molecule has 0 aromatic heterocycles. The molecule has 0 spiro atoms. The quantitative estimate of drug-likeness (QED) is 0.375. The first kappa shape index (κ1) is 31.2. The van der Waals surface area contributed by atoms with Crippen molar-refractivity contribution in [2.24, 2.45) is 0 Å². The van der Waals surface area contributed by atoms with Gasteiger partial charge in [0, 0.05) is 47.4 Å². The van der Waals surface area contributed by atoms with E-state index in [-0.39, 0.29) is 19.6 Å². The Labute approximate surface area is 253 Å². The molecule has 0 aliphatic carbocycles. The van der Waals surface area contributed by atoms with Crippen LogP contribution >= 0.6 is 35.0 Å². The largest absolute Gasteiger partial charge is 0.489 e. The SMILES string of the molecule is COC(=O)C(Cc1ccc(OCc2c(Cl)cccc2Cl)cc1)NC(=O)C1CSCN1C(=O)OCCN1CCOCC1. The van der Waals surface area contributed by atoms with Crippen LogP contribution in [0.25, 0.3) is 0 Å². The number of esters is 1. The van der Waals surface area contributed by atoms with Gasteiger partial charge < -0.3 is 24.3 Å². The third-order valence-corrected chi connectivity index (χ3v) is 8.49. The number of amides is 2. The predicted octanol–water partition coefficient (Wildman–Crippen LogP) is 3.62. The van der Waals surface area contributed by atoms with Crippen molar-refractivity contribution >= 4 is 52.9 Å². The highest BCUT2D eigenvalue weighted by Gasteiger charge is 2.37. The lowest BCUT2D eigenvalue weighted by atomic mass is 10.1. The third kappa shape index (κ3) is 8.89. The van der Waals surface area contributed by atoms with Gasteiger partial charge in [0.25, 0.3) is 0 Å². The molecule has 2 atom stereocenters. The van der Waals surface area contributed by atoms with Gasteiger partial charge in [-0.05, 0) is 29.8 Å². The molecule has 2 aliphatic rings. The summed E-state index contributed by atoms with van der Waals surface area (Å²) in [6, 6.07) is 10.7. The minimum atomic E-state index is -0.939. The van der Waals surface area contributed by atoms with Crippen LogP contribution in [0.3, 0.4) is 0 Å². The second kappa shape index (κ2) is 15.5. The van der Waals surface area contributed by atoms with E-state index in [1.165, 1.54) is 23.8 Å². The number of carbonyl (C=O) groups excluding carboxylic acids is 3. The average Bonchev–Trinajstić information content (AvgIpc) is 3.48. The van der Waals surface area contributed by atoms with Gasteiger partial charge in [0.15, 0.2) is 0 Å². The predicted molar refractivity (Wildman–Crippen MR) is 156 cm³/mol. The molecule has 0 radical (unpaired) electrons. The van der Waals surface area contributed by atoms with Gasteiger partial charge >= 0.3 is 12.1 Å². The lowest BCUT2D eigenvalue weighted by Gasteiger charge is -2.27. The Hall–Kier alpha value is -2.70. The number of halogens is 2. The zero-order valence-electron chi connectivity index (χ0n) is 22.7. The van der Waals surface area contributed by atoms with Gasteiger partial charge in [0.05, 0.1) is 26.2 Å². The lowest BCUT2D eigenvalue weighted by Crippen LogP contribution is -2.52. The van der Waals surface area contributed by atoms with Crippen LogP contribution in [-0.2, 0) is 36.8 Å². The number of ether oxygens (including phenoxy) is 4. The van der Waals surface area contributed by atoms with E-state index in [9.17, 15) is 14.4 Å². The van der Waals surface area contributed by atoms with Gasteiger partial charge in [-0.15, -0.1) is 11.8 Å². The maximum absolute atomic E-state index is 13.2. The lowest BCUT2D eigenvalue weighted by molar-refractivity contribution is -0.145. The first-order valence-corrected chi connectivity index (χ1v) is 15.1. The Balaban J connectivity index is 1.30. The number of nitrogens with zero attached hydrogens (tertiary/aromatic N) is 2. The Morgan fingerprint density at radius 1 is 1.10 bits per heavy atom. The molecular weight excluding hydrogens is 593 g/mol. The molecule has 1 N–H and O–H groups in total. The summed E-state index contributed by atoms with van der Waals surface area (Å²) in [5, 5.41) is 3.80. The molecule has 2 heterocycles. The third-order valence-electron chi connectivity index (χ3n) is 6.77. The van der Waals surface area contributed by atoms with Gasteiger partial charge in [-0.25, -0.2) is 9.59 Å². The van der Waals surface area contributed by atoms with Crippen LogP contribution in [0.1, 0.15) is 11.1 Å². The van der Waals surface area contributed by atoms with Crippen molar-refractivity contribution in [3.8, 4) is 5.75 Å². The first-order chi connectivity index (χ1) is 19.9. The molecule has 2 aliphatic heterocycles. The topological polar surface area (TPSA) is 107 Å². The van der Waals surface area contributed by atoms with Gasteiger partial charge in [-0.2, -0.15) is 0 Å². The zero-order valence-corrected chi connectivity index (χ0v) is 25.0. The van der Waals surface area contributed by atoms with Crippen LogP contribution in [0.15, 0.2) is 42.5 Å². The summed E-state index contributed by atoms with van der Waals surface area (Å²) in [4.78, 5) is 42.0. The number of hydrogen-bond acceptors (Lipinski definition) is 9. The molecule has 2 aromatic carbocycles. The highest BCUT2D eigenvalue weighted by Crippen LogP contribution is 2.26. The minimum absolute atomic E-state index is 0.193. The van der Waals surface area contributed by atoms with Crippen molar-refractivity contribution < 1.29 is 33.3 Å². The summed E-state index contributed by atoms with van der Waals surface area (Å²) < 4.78 is 21.5. The summed E-state index contributed by atoms with van der Waals surface area (Å²) in [6.45, 7) is 3.95. The number of methoxy groups -OCH3 is 1. The van der Waals surface area contributed by atoms with E-state index < -0.39 is 30.1 Å². The Bertz CT molecular complexity index is 1180. The van der Waals surface area contributed by atoms with Crippen molar-refractivity contribution in [1.29, 1.82) is 0 Å². The minimum Gasteiger partial charge on any atom is -0.489 e. The molecule has 0 saturated carbocycles. The van der Waals surface area contributed by atoms with Crippen molar-refractivity contribution in [3.63, 3.8) is 0 Å². The molecule has 222 valence electrons. The molecular formula is C28H33Cl2N3O7S. The van der Waals surface area contributed by atoms with Gasteiger partial charge in [0.1, 0.15) is 31.0 Å². The Kier molecular flexibility index (Phi) is 11.8. The van der Waals surface area contributed by atoms with E-state index in [1.54, 1.807) is 42.5 Å². The van der Waals surface area contributed by atoms with E-state index in [1.807, 2.05) is 0 Å². The van der Waals surface area contributed by atoms with Crippen LogP contribution in [0, 0.1) is 0 Å². The fourth-order valence-corrected chi connectivity index (χ4v) is 6.04. The fraction of sp³-hybridized carbons (Fsp3) is 0.464. The summed E-state index contributed by atoms with van der Waals surface area (Å²) in [7, 11) is 1.27. The normalized spacial score (nSPS) is 18.0. The Morgan fingerprint density at radius 3 is 2.49 bits per heavy atom. The molecule has 2 aromatic rings. The number of thioether (sulfide) groups is 1. The molecule has 13 heteroatoms. The molecule has 2 fully saturated rings. The summed E-state index contributed by atoms with van der Waals surface area (Å²) in [5.41, 5.74) is 1.47. The molecule has 0 bridgehead atoms. The number of nitrogens with one attached hydrogen (secondary N) is 1. The fourth-order valence-electron chi connectivity index (χ4n) is 4.40. The zero-order chi connectivity index (χ0) is 29.2. The van der Waals surface area contributed by atoms with E-state index in [0.717, 1.165) is 18.7 Å². The summed E-state index contributed by atoms with van der Waals surface area (Å²) in [5.74, 6) is 0.302. The maximum Gasteiger partial charge on any atom is 0.411 e. The highest BCUT2D eigenvalue weighted by atomic mass is 35.5. The molecule has 4 rings (SSSR count). The molecule has 2 saturated heterocycles. The first-order valence-electron chi connectivity index (χ1n) is 13.2. The Morgan fingerprint density at radius 2 is 1.80 bits per heavy atom. The van der Waals surface area contributed by atoms with Crippen LogP contribution < -0.4 is 10.1 Å². The smallest absolute Gasteiger partial charge is 0.411 e. The number of hydrogen-bond donors (Lipinski definition) is 1. The van der Waals surface area contributed by atoms with Crippen molar-refractivity contribution in [2.45, 2.75) is 25.1 Å². The number of rotatable bonds is 11. The van der Waals surface area contributed by atoms with E-state index in [4.69, 9.17) is 42.1 Å². The standard InChI is InChI=1S/C28H33Cl2N3O7S/c1-37-27(35)24(15-19-5-7-20(8-6-19)40-16-21-22(29)3-2-4-23(21)30)31-26(34)25-17-41-18-33(25)28(36)39-14-11-32-9-12-38-13-10-32/h2-8,24-25H,9-18H2,1H3,(H,31,34). The van der Waals surface area contributed by atoms with Crippen molar-refractivity contribution in [3.05, 3.63) is 63.6 Å². The monoisotopic (exact) mass is 625 g/mol. The highest BCUT2D eigenvalue weighted by molar-refractivity contribution is 7.99. The number of benzene rings is 2. The van der Waals surface area contributed by atoms with Crippen LogP contribution in [0.4, 0.5) is 4.79 Å². The van der Waals surface area contributed by atoms with E-state index in [0.29, 0.717) is 52.7 Å². The van der Waals surface area contributed by atoms with Gasteiger partial charge in [-0.3, -0.25) is 14.6 Å². The van der Waals surface area contributed by atoms with Crippen LogP contribution in [-0.4, -0.2) is 98.0 Å². The second-order valence-corrected chi connectivity index (χ2v) is 11.3. The molecule has 2 unspecified atom stereocenters. The van der Waals surface area contributed by atoms with Crippen LogP contribution in [0.2, 0.25) is 10.0 Å². The van der Waals surface area contributed by atoms with E-state index >= 15 is 0 Å². The van der Waals surface area contributed by atoms with E-state index in [2.05, 4.69) is 10.2 Å². The summed E-state index contributed by atoms with van der Waals surface area (Å²) >= 11 is 13.9. The molecule has 2 amide bonds. The average molecular weight is 627 g/mol. The van der Waals surface area contributed by atoms with Crippen LogP contribution in [0.5, 0.6) is 5.75 Å². The van der Waals surface area contributed by atoms with Gasteiger partial charge in [-0.1, -0.05) is 41.4 Å². The maximum atomic E-state index is 13.2. The number of carbonyl (C=O) groups is 3. The van der Waals surface area contributed by atoms with Gasteiger partial charge in [0.2, 0.25) is 5.91 Å². The molecule has 10 nitrogen and oxygen atoms in total. The van der Waals surface area contributed by atoms with Crippen molar-refractivity contribution in [1.82, 2.24) is 15.1 Å². The second-order valence-electron chi connectivity index (χ2n) is 9.48. The van der Waals surface area contributed by atoms with Crippen molar-refractivity contribution in [2.75, 3.05) is 58.2 Å².